The van der Waals surface area contributed by atoms with Crippen LogP contribution in [0.2, 0.25) is 0 Å². The molecule has 1 aliphatic heterocycles. The summed E-state index contributed by atoms with van der Waals surface area (Å²) in [6, 6.07) is 3.22. The molecule has 2 N–H and O–H groups in total. The summed E-state index contributed by atoms with van der Waals surface area (Å²) in [5.41, 5.74) is 1.84. The van der Waals surface area contributed by atoms with Crippen LogP contribution in [0.4, 0.5) is 0 Å². The van der Waals surface area contributed by atoms with Crippen LogP contribution >= 0.6 is 0 Å². The second-order valence-electron chi connectivity index (χ2n) is 4.77. The molecule has 1 aromatic heterocycles. The number of hydrogen-bond donors (Lipinski definition) is 2. The molecule has 0 saturated carbocycles. The fraction of sp³-hybridized carbons (Fsp3) is 0.538. The van der Waals surface area contributed by atoms with Gasteiger partial charge in [-0.2, -0.15) is 0 Å². The van der Waals surface area contributed by atoms with Crippen LogP contribution in [0.5, 0.6) is 0 Å². The zero-order valence-corrected chi connectivity index (χ0v) is 10.5. The van der Waals surface area contributed by atoms with Gasteiger partial charge in [0.1, 0.15) is 6.61 Å². The number of H-pyrrole nitrogens is 1. The van der Waals surface area contributed by atoms with Gasteiger partial charge in [-0.05, 0) is 19.8 Å². The number of aliphatic hydroxyl groups is 1. The molecule has 2 rings (SSSR count). The highest BCUT2D eigenvalue weighted by molar-refractivity contribution is 5.77. The van der Waals surface area contributed by atoms with Gasteiger partial charge in [-0.1, -0.05) is 0 Å². The summed E-state index contributed by atoms with van der Waals surface area (Å²) in [5.74, 6) is 0.0755. The summed E-state index contributed by atoms with van der Waals surface area (Å²) >= 11 is 0. The lowest BCUT2D eigenvalue weighted by Gasteiger charge is -2.31. The predicted octanol–water partition coefficient (Wildman–Crippen LogP) is 0.382. The molecule has 0 unspecified atom stereocenters. The van der Waals surface area contributed by atoms with E-state index in [4.69, 9.17) is 5.11 Å². The van der Waals surface area contributed by atoms with Crippen LogP contribution in [-0.4, -0.2) is 40.6 Å². The van der Waals surface area contributed by atoms with E-state index in [0.717, 1.165) is 24.2 Å². The van der Waals surface area contributed by atoms with Crippen molar-refractivity contribution in [2.75, 3.05) is 19.7 Å². The second-order valence-corrected chi connectivity index (χ2v) is 4.77. The van der Waals surface area contributed by atoms with E-state index in [1.54, 1.807) is 17.0 Å². The molecule has 5 heteroatoms. The molecule has 0 spiro atoms. The molecule has 1 saturated heterocycles. The van der Waals surface area contributed by atoms with Gasteiger partial charge in [-0.25, -0.2) is 0 Å². The third-order valence-electron chi connectivity index (χ3n) is 3.42. The van der Waals surface area contributed by atoms with Gasteiger partial charge in [0.05, 0.1) is 0 Å². The Labute approximate surface area is 105 Å². The zero-order chi connectivity index (χ0) is 13.1. The number of amides is 1. The quantitative estimate of drug-likeness (QED) is 0.797. The summed E-state index contributed by atoms with van der Waals surface area (Å²) in [7, 11) is 0. The number of aromatic amines is 1. The Morgan fingerprint density at radius 3 is 2.67 bits per heavy atom. The lowest BCUT2D eigenvalue weighted by Crippen LogP contribution is -2.39. The number of aliphatic hydroxyl groups excluding tert-OH is 1. The highest BCUT2D eigenvalue weighted by Gasteiger charge is 2.23. The largest absolute Gasteiger partial charge is 0.387 e. The smallest absolute Gasteiger partial charge is 0.248 e. The van der Waals surface area contributed by atoms with Crippen LogP contribution in [0, 0.1) is 6.92 Å². The molecule has 18 heavy (non-hydrogen) atoms. The van der Waals surface area contributed by atoms with Crippen LogP contribution in [0.3, 0.4) is 0 Å². The van der Waals surface area contributed by atoms with Crippen molar-refractivity contribution < 1.29 is 9.90 Å². The van der Waals surface area contributed by atoms with Crippen molar-refractivity contribution >= 4 is 5.91 Å². The average Bonchev–Trinajstić information content (AvgIpc) is 2.37. The summed E-state index contributed by atoms with van der Waals surface area (Å²) in [6.07, 6.45) is 1.65. The topological polar surface area (TPSA) is 73.4 Å². The molecule has 98 valence electrons. The first-order valence-electron chi connectivity index (χ1n) is 6.19. The maximum atomic E-state index is 11.5. The second kappa shape index (κ2) is 5.35. The standard InChI is InChI=1S/C13H18N2O3/c1-9-6-11(17)7-12(14-9)10-2-4-15(5-3-10)13(18)8-16/h6-7,10,16H,2-5,8H2,1H3,(H,14,17). The summed E-state index contributed by atoms with van der Waals surface area (Å²) < 4.78 is 0. The van der Waals surface area contributed by atoms with Crippen molar-refractivity contribution in [1.29, 1.82) is 0 Å². The third-order valence-corrected chi connectivity index (χ3v) is 3.42. The van der Waals surface area contributed by atoms with Gasteiger partial charge >= 0.3 is 0 Å². The number of aryl methyl sites for hydroxylation is 1. The maximum Gasteiger partial charge on any atom is 0.248 e. The monoisotopic (exact) mass is 250 g/mol. The van der Waals surface area contributed by atoms with Crippen molar-refractivity contribution in [2.45, 2.75) is 25.7 Å². The van der Waals surface area contributed by atoms with Crippen LogP contribution in [-0.2, 0) is 4.79 Å². The number of carbonyl (C=O) groups is 1. The molecule has 0 aliphatic carbocycles. The summed E-state index contributed by atoms with van der Waals surface area (Å²) in [5, 5.41) is 8.80. The lowest BCUT2D eigenvalue weighted by atomic mass is 9.93. The van der Waals surface area contributed by atoms with Crippen molar-refractivity contribution in [2.24, 2.45) is 0 Å². The molecule has 1 fully saturated rings. The number of likely N-dealkylation sites (tertiary alicyclic amines) is 1. The Bertz CT molecular complexity index is 487. The summed E-state index contributed by atoms with van der Waals surface area (Å²) in [4.78, 5) is 27.7. The van der Waals surface area contributed by atoms with E-state index in [1.165, 1.54) is 0 Å². The normalized spacial score (nSPS) is 16.9. The molecule has 1 aliphatic rings. The fourth-order valence-electron chi connectivity index (χ4n) is 2.47. The molecule has 5 nitrogen and oxygen atoms in total. The first-order chi connectivity index (χ1) is 8.60. The first kappa shape index (κ1) is 12.8. The molecule has 1 aromatic rings. The van der Waals surface area contributed by atoms with Gasteiger partial charge in [0.2, 0.25) is 5.91 Å². The third kappa shape index (κ3) is 2.79. The molecule has 0 atom stereocenters. The minimum Gasteiger partial charge on any atom is -0.387 e. The van der Waals surface area contributed by atoms with Gasteiger partial charge in [0.15, 0.2) is 5.43 Å². The van der Waals surface area contributed by atoms with Gasteiger partial charge < -0.3 is 15.0 Å². The van der Waals surface area contributed by atoms with E-state index in [1.807, 2.05) is 6.92 Å². The van der Waals surface area contributed by atoms with Crippen LogP contribution < -0.4 is 5.43 Å². The molecule has 0 bridgehead atoms. The predicted molar refractivity (Wildman–Crippen MR) is 67.4 cm³/mol. The molecular weight excluding hydrogens is 232 g/mol. The number of piperidine rings is 1. The number of rotatable bonds is 2. The van der Waals surface area contributed by atoms with Crippen molar-refractivity contribution in [3.8, 4) is 0 Å². The van der Waals surface area contributed by atoms with Crippen molar-refractivity contribution in [3.63, 3.8) is 0 Å². The number of hydrogen-bond acceptors (Lipinski definition) is 3. The van der Waals surface area contributed by atoms with Crippen molar-refractivity contribution in [1.82, 2.24) is 9.88 Å². The summed E-state index contributed by atoms with van der Waals surface area (Å²) in [6.45, 7) is 2.72. The highest BCUT2D eigenvalue weighted by Crippen LogP contribution is 2.25. The molecule has 0 radical (unpaired) electrons. The SMILES string of the molecule is Cc1cc(=O)cc(C2CCN(C(=O)CO)CC2)[nH]1. The van der Waals surface area contributed by atoms with Gasteiger partial charge in [0, 0.05) is 42.5 Å². The molecular formula is C13H18N2O3. The van der Waals surface area contributed by atoms with E-state index in [9.17, 15) is 9.59 Å². The Kier molecular flexibility index (Phi) is 3.81. The van der Waals surface area contributed by atoms with Gasteiger partial charge in [0.25, 0.3) is 0 Å². The Morgan fingerprint density at radius 2 is 2.11 bits per heavy atom. The maximum absolute atomic E-state index is 11.5. The average molecular weight is 250 g/mol. The number of nitrogens with one attached hydrogen (secondary N) is 1. The van der Waals surface area contributed by atoms with E-state index in [0.29, 0.717) is 19.0 Å². The van der Waals surface area contributed by atoms with E-state index >= 15 is 0 Å². The highest BCUT2D eigenvalue weighted by atomic mass is 16.3. The van der Waals surface area contributed by atoms with Crippen LogP contribution in [0.1, 0.15) is 30.1 Å². The Balaban J connectivity index is 2.05. The van der Waals surface area contributed by atoms with Crippen LogP contribution in [0.25, 0.3) is 0 Å². The van der Waals surface area contributed by atoms with Gasteiger partial charge in [-0.3, -0.25) is 9.59 Å². The number of carbonyl (C=O) groups excluding carboxylic acids is 1. The number of pyridine rings is 1. The molecule has 1 amide bonds. The van der Waals surface area contributed by atoms with Crippen molar-refractivity contribution in [3.05, 3.63) is 33.7 Å². The van der Waals surface area contributed by atoms with E-state index in [2.05, 4.69) is 4.98 Å². The minimum absolute atomic E-state index is 0.0233. The fourth-order valence-corrected chi connectivity index (χ4v) is 2.47. The van der Waals surface area contributed by atoms with Gasteiger partial charge in [-0.15, -0.1) is 0 Å². The number of aromatic nitrogens is 1. The van der Waals surface area contributed by atoms with E-state index in [-0.39, 0.29) is 11.3 Å². The minimum atomic E-state index is -0.425. The molecule has 2 heterocycles. The molecule has 0 aromatic carbocycles. The Morgan fingerprint density at radius 1 is 1.44 bits per heavy atom. The van der Waals surface area contributed by atoms with Crippen LogP contribution in [0.15, 0.2) is 16.9 Å². The zero-order valence-electron chi connectivity index (χ0n) is 10.5. The Hall–Kier alpha value is -1.62. The number of nitrogens with zero attached hydrogens (tertiary/aromatic N) is 1. The van der Waals surface area contributed by atoms with E-state index < -0.39 is 6.61 Å². The lowest BCUT2D eigenvalue weighted by molar-refractivity contribution is -0.135. The first-order valence-corrected chi connectivity index (χ1v) is 6.19.